The Balaban J connectivity index is 0.00000323. The Hall–Kier alpha value is -3.04. The first-order chi connectivity index (χ1) is 19.4. The number of sulfone groups is 1. The predicted octanol–water partition coefficient (Wildman–Crippen LogP) is 0.187. The number of aromatic nitrogens is 2. The minimum absolute atomic E-state index is 0. The Morgan fingerprint density at radius 2 is 1.67 bits per heavy atom. The van der Waals surface area contributed by atoms with Crippen molar-refractivity contribution in [2.24, 2.45) is 0 Å². The second-order valence-corrected chi connectivity index (χ2v) is 13.8. The van der Waals surface area contributed by atoms with Gasteiger partial charge in [-0.2, -0.15) is 4.98 Å². The molecule has 0 radical (unpaired) electrons. The van der Waals surface area contributed by atoms with Gasteiger partial charge >= 0.3 is 29.6 Å². The smallest absolute Gasteiger partial charge is 1.00 e. The maximum absolute atomic E-state index is 12.5. The number of nitrogens with one attached hydrogen (secondary N) is 4. The van der Waals surface area contributed by atoms with Crippen molar-refractivity contribution in [1.82, 2.24) is 20.0 Å². The van der Waals surface area contributed by atoms with E-state index in [1.165, 1.54) is 18.2 Å². The molecular formula is C27H33N6NaO6S2. The molecule has 0 spiro atoms. The van der Waals surface area contributed by atoms with Gasteiger partial charge in [-0.15, -0.1) is 0 Å². The van der Waals surface area contributed by atoms with Crippen LogP contribution in [0.2, 0.25) is 0 Å². The average molecular weight is 625 g/mol. The fraction of sp³-hybridized carbons (Fsp3) is 0.333. The van der Waals surface area contributed by atoms with Crippen molar-refractivity contribution in [3.05, 3.63) is 65.9 Å². The molecule has 220 valence electrons. The molecule has 1 saturated carbocycles. The van der Waals surface area contributed by atoms with Gasteiger partial charge in [-0.05, 0) is 55.7 Å². The van der Waals surface area contributed by atoms with Crippen LogP contribution in [0.5, 0.6) is 0 Å². The Bertz CT molecular complexity index is 1670. The molecule has 0 aliphatic heterocycles. The van der Waals surface area contributed by atoms with Crippen LogP contribution in [0.15, 0.2) is 59.6 Å². The van der Waals surface area contributed by atoms with Crippen molar-refractivity contribution in [2.75, 3.05) is 16.4 Å². The number of hydrogen-bond donors (Lipinski definition) is 4. The molecule has 1 aromatic heterocycles. The number of nitrogens with zero attached hydrogens (tertiary/aromatic N) is 2. The van der Waals surface area contributed by atoms with Crippen molar-refractivity contribution in [3.63, 3.8) is 0 Å². The van der Waals surface area contributed by atoms with E-state index in [4.69, 9.17) is 0 Å². The van der Waals surface area contributed by atoms with Crippen molar-refractivity contribution >= 4 is 54.8 Å². The van der Waals surface area contributed by atoms with Crippen LogP contribution < -0.4 is 50.2 Å². The third-order valence-corrected chi connectivity index (χ3v) is 9.90. The maximum atomic E-state index is 12.5. The molecule has 0 unspecified atom stereocenters. The van der Waals surface area contributed by atoms with Gasteiger partial charge in [0.15, 0.2) is 9.84 Å². The van der Waals surface area contributed by atoms with E-state index in [0.29, 0.717) is 30.0 Å². The molecule has 4 N–H and O–H groups in total. The van der Waals surface area contributed by atoms with E-state index >= 15 is 0 Å². The van der Waals surface area contributed by atoms with Crippen molar-refractivity contribution < 1.29 is 57.4 Å². The summed E-state index contributed by atoms with van der Waals surface area (Å²) in [4.78, 5) is 32.5. The van der Waals surface area contributed by atoms with Crippen molar-refractivity contribution in [2.45, 2.75) is 56.2 Å². The molecule has 1 fully saturated rings. The summed E-state index contributed by atoms with van der Waals surface area (Å²) in [5.74, 6) is -0.335. The zero-order valence-corrected chi connectivity index (χ0v) is 27.3. The first kappa shape index (κ1) is 33.5. The normalized spacial score (nSPS) is 13.0. The van der Waals surface area contributed by atoms with E-state index in [0.717, 1.165) is 11.1 Å². The summed E-state index contributed by atoms with van der Waals surface area (Å²) in [6.45, 7) is 3.63. The standard InChI is InChI=1S/C27H32N6O6S2.Na.H/c1-3-24(34)33-41(38,39)23-9-5-8-21(15-23)31-27-29-16-18(2)26(32-27)30-20-7-4-6-19(14-20)17-28-25(35)12-13-40(36,37)22-10-11-22;;/h4-9,14-16,22H,3,10-13,17H2,1-2H3,(H,28,35)(H,33,34)(H2,29,30,31,32);;/q;+1;-1. The summed E-state index contributed by atoms with van der Waals surface area (Å²) < 4.78 is 51.0. The minimum atomic E-state index is -4.01. The largest absolute Gasteiger partial charge is 1.00 e. The maximum Gasteiger partial charge on any atom is 1.00 e. The Morgan fingerprint density at radius 1 is 0.976 bits per heavy atom. The Labute approximate surface area is 269 Å². The second-order valence-electron chi connectivity index (χ2n) is 9.68. The van der Waals surface area contributed by atoms with E-state index in [9.17, 15) is 26.4 Å². The van der Waals surface area contributed by atoms with Crippen LogP contribution in [0.1, 0.15) is 45.2 Å². The van der Waals surface area contributed by atoms with Crippen LogP contribution in [0.3, 0.4) is 0 Å². The fourth-order valence-electron chi connectivity index (χ4n) is 3.79. The van der Waals surface area contributed by atoms with E-state index in [-0.39, 0.29) is 78.1 Å². The van der Waals surface area contributed by atoms with Crippen molar-refractivity contribution in [3.8, 4) is 0 Å². The number of rotatable bonds is 13. The number of benzene rings is 2. The van der Waals surface area contributed by atoms with Crippen LogP contribution in [-0.2, 0) is 36.0 Å². The molecule has 1 aliphatic rings. The molecule has 3 aromatic rings. The van der Waals surface area contributed by atoms with E-state index in [2.05, 4.69) is 25.9 Å². The number of hydrogen-bond acceptors (Lipinski definition) is 10. The van der Waals surface area contributed by atoms with Gasteiger partial charge in [0, 0.05) is 42.5 Å². The Kier molecular flexibility index (Phi) is 11.5. The molecule has 0 atom stereocenters. The second kappa shape index (κ2) is 14.4. The van der Waals surface area contributed by atoms with Gasteiger partial charge in [0.25, 0.3) is 10.0 Å². The monoisotopic (exact) mass is 624 g/mol. The molecule has 0 bridgehead atoms. The van der Waals surface area contributed by atoms with Gasteiger partial charge in [-0.1, -0.05) is 25.1 Å². The number of carbonyl (C=O) groups excluding carboxylic acids is 2. The summed E-state index contributed by atoms with van der Waals surface area (Å²) in [5, 5.41) is 8.70. The predicted molar refractivity (Wildman–Crippen MR) is 156 cm³/mol. The topological polar surface area (TPSA) is 176 Å². The quantitative estimate of drug-likeness (QED) is 0.192. The molecule has 15 heteroatoms. The molecule has 2 amide bonds. The Morgan fingerprint density at radius 3 is 2.36 bits per heavy atom. The molecule has 0 saturated heterocycles. The third-order valence-electron chi connectivity index (χ3n) is 6.27. The molecular weight excluding hydrogens is 591 g/mol. The molecule has 4 rings (SSSR count). The first-order valence-electron chi connectivity index (χ1n) is 13.1. The third kappa shape index (κ3) is 9.49. The molecule has 12 nitrogen and oxygen atoms in total. The zero-order chi connectivity index (χ0) is 29.6. The first-order valence-corrected chi connectivity index (χ1v) is 16.3. The summed E-state index contributed by atoms with van der Waals surface area (Å²) in [7, 11) is -7.19. The minimum Gasteiger partial charge on any atom is -1.00 e. The summed E-state index contributed by atoms with van der Waals surface area (Å²) in [5.41, 5.74) is 2.69. The molecule has 2 aromatic carbocycles. The van der Waals surface area contributed by atoms with Crippen molar-refractivity contribution in [1.29, 1.82) is 0 Å². The molecule has 1 heterocycles. The SMILES string of the molecule is CCC(=O)NS(=O)(=O)c1cccc(Nc2ncc(C)c(Nc3cccc(CNC(=O)CCS(=O)(=O)C4CC4)c3)n2)c1.[H-].[Na+]. The molecule has 42 heavy (non-hydrogen) atoms. The number of sulfonamides is 1. The fourth-order valence-corrected chi connectivity index (χ4v) is 6.55. The number of amides is 2. The number of carbonyl (C=O) groups is 2. The van der Waals surface area contributed by atoms with Crippen LogP contribution in [0, 0.1) is 6.92 Å². The number of anilines is 4. The van der Waals surface area contributed by atoms with Gasteiger partial charge in [-0.25, -0.2) is 26.5 Å². The summed E-state index contributed by atoms with van der Waals surface area (Å²) in [6, 6.07) is 13.3. The van der Waals surface area contributed by atoms with Crippen LogP contribution >= 0.6 is 0 Å². The van der Waals surface area contributed by atoms with Crippen LogP contribution in [0.4, 0.5) is 23.1 Å². The van der Waals surface area contributed by atoms with Gasteiger partial charge < -0.3 is 17.4 Å². The van der Waals surface area contributed by atoms with Crippen LogP contribution in [0.25, 0.3) is 0 Å². The van der Waals surface area contributed by atoms with Crippen LogP contribution in [-0.4, -0.2) is 49.6 Å². The summed E-state index contributed by atoms with van der Waals surface area (Å²) in [6.07, 6.45) is 2.96. The van der Waals surface area contributed by atoms with E-state index in [1.807, 2.05) is 35.9 Å². The van der Waals surface area contributed by atoms with Gasteiger partial charge in [0.1, 0.15) is 5.82 Å². The van der Waals surface area contributed by atoms with Gasteiger partial charge in [0.05, 0.1) is 15.9 Å². The zero-order valence-electron chi connectivity index (χ0n) is 24.7. The van der Waals surface area contributed by atoms with Gasteiger partial charge in [0.2, 0.25) is 17.8 Å². The summed E-state index contributed by atoms with van der Waals surface area (Å²) >= 11 is 0. The number of aryl methyl sites for hydroxylation is 1. The average Bonchev–Trinajstić information content (AvgIpc) is 3.79. The molecule has 1 aliphatic carbocycles. The van der Waals surface area contributed by atoms with E-state index < -0.39 is 25.8 Å². The van der Waals surface area contributed by atoms with E-state index in [1.54, 1.807) is 19.2 Å². The van der Waals surface area contributed by atoms with Gasteiger partial charge in [-0.3, -0.25) is 9.59 Å².